The number of para-hydroxylation sites is 1. The second kappa shape index (κ2) is 7.33. The zero-order chi connectivity index (χ0) is 14.4. The number of nitrogens with one attached hydrogen (secondary N) is 2. The van der Waals surface area contributed by atoms with E-state index in [1.54, 1.807) is 0 Å². The molecule has 0 saturated heterocycles. The molecule has 0 fully saturated rings. The molecule has 2 aromatic rings. The summed E-state index contributed by atoms with van der Waals surface area (Å²) < 4.78 is 0. The first-order chi connectivity index (χ1) is 9.78. The first kappa shape index (κ1) is 14.9. The topological polar surface area (TPSA) is 49.8 Å². The van der Waals surface area contributed by atoms with E-state index < -0.39 is 0 Å². The number of hydrogen-bond acceptors (Lipinski definition) is 5. The largest absolute Gasteiger partial charge is 0.366 e. The van der Waals surface area contributed by atoms with Gasteiger partial charge in [-0.2, -0.15) is 16.7 Å². The maximum absolute atomic E-state index is 4.62. The Bertz CT molecular complexity index is 559. The molecule has 0 spiro atoms. The van der Waals surface area contributed by atoms with E-state index in [0.29, 0.717) is 12.0 Å². The van der Waals surface area contributed by atoms with Gasteiger partial charge in [0.1, 0.15) is 5.82 Å². The van der Waals surface area contributed by atoms with Gasteiger partial charge in [0.2, 0.25) is 5.95 Å². The molecule has 4 nitrogen and oxygen atoms in total. The Balaban J connectivity index is 2.38. The monoisotopic (exact) mass is 290 g/mol. The smallest absolute Gasteiger partial charge is 0.225 e. The van der Waals surface area contributed by atoms with E-state index in [2.05, 4.69) is 39.8 Å². The molecular formula is C15H22N4S. The highest BCUT2D eigenvalue weighted by molar-refractivity contribution is 7.98. The number of nitrogens with zero attached hydrogens (tertiary/aromatic N) is 2. The summed E-state index contributed by atoms with van der Waals surface area (Å²) in [6, 6.07) is 8.56. The van der Waals surface area contributed by atoms with Crippen LogP contribution in [0.4, 0.5) is 11.8 Å². The second-order valence-electron chi connectivity index (χ2n) is 4.65. The van der Waals surface area contributed by atoms with E-state index in [1.165, 1.54) is 0 Å². The van der Waals surface area contributed by atoms with Crippen molar-refractivity contribution >= 4 is 34.4 Å². The molecule has 1 atom stereocenters. The van der Waals surface area contributed by atoms with Crippen molar-refractivity contribution in [3.8, 4) is 0 Å². The van der Waals surface area contributed by atoms with Crippen LogP contribution in [-0.2, 0) is 0 Å². The summed E-state index contributed by atoms with van der Waals surface area (Å²) in [7, 11) is 0. The molecule has 1 unspecified atom stereocenters. The zero-order valence-corrected chi connectivity index (χ0v) is 13.1. The van der Waals surface area contributed by atoms with E-state index in [9.17, 15) is 0 Å². The molecule has 20 heavy (non-hydrogen) atoms. The lowest BCUT2D eigenvalue weighted by molar-refractivity contribution is 0.771. The highest BCUT2D eigenvalue weighted by atomic mass is 32.2. The number of rotatable bonds is 7. The highest BCUT2D eigenvalue weighted by Gasteiger charge is 2.11. The van der Waals surface area contributed by atoms with E-state index >= 15 is 0 Å². The molecule has 0 aliphatic heterocycles. The lowest BCUT2D eigenvalue weighted by Gasteiger charge is -2.18. The van der Waals surface area contributed by atoms with Crippen molar-refractivity contribution in [2.45, 2.75) is 26.3 Å². The third-order valence-corrected chi connectivity index (χ3v) is 3.88. The second-order valence-corrected chi connectivity index (χ2v) is 5.56. The van der Waals surface area contributed by atoms with Gasteiger partial charge in [-0.1, -0.05) is 19.1 Å². The van der Waals surface area contributed by atoms with Gasteiger partial charge in [-0.3, -0.25) is 0 Å². The third-order valence-electron chi connectivity index (χ3n) is 3.14. The minimum absolute atomic E-state index is 0.429. The Morgan fingerprint density at radius 2 is 2.00 bits per heavy atom. The minimum Gasteiger partial charge on any atom is -0.366 e. The first-order valence-electron chi connectivity index (χ1n) is 7.04. The summed E-state index contributed by atoms with van der Waals surface area (Å²) >= 11 is 1.85. The van der Waals surface area contributed by atoms with Crippen LogP contribution in [0.2, 0.25) is 0 Å². The number of hydrogen-bond donors (Lipinski definition) is 2. The minimum atomic E-state index is 0.429. The summed E-state index contributed by atoms with van der Waals surface area (Å²) in [6.45, 7) is 5.07. The summed E-state index contributed by atoms with van der Waals surface area (Å²) in [4.78, 5) is 9.16. The summed E-state index contributed by atoms with van der Waals surface area (Å²) in [5.74, 6) is 2.69. The molecule has 108 valence electrons. The highest BCUT2D eigenvalue weighted by Crippen LogP contribution is 2.23. The molecule has 0 saturated carbocycles. The molecule has 0 aliphatic carbocycles. The van der Waals surface area contributed by atoms with Gasteiger partial charge >= 0.3 is 0 Å². The van der Waals surface area contributed by atoms with Crippen LogP contribution in [0, 0.1) is 0 Å². The number of benzene rings is 1. The molecule has 2 rings (SSSR count). The number of aromatic nitrogens is 2. The van der Waals surface area contributed by atoms with Crippen LogP contribution < -0.4 is 10.6 Å². The van der Waals surface area contributed by atoms with E-state index in [0.717, 1.165) is 35.4 Å². The maximum Gasteiger partial charge on any atom is 0.225 e. The normalized spacial score (nSPS) is 12.3. The van der Waals surface area contributed by atoms with Gasteiger partial charge < -0.3 is 10.6 Å². The van der Waals surface area contributed by atoms with Crippen LogP contribution in [0.1, 0.15) is 20.3 Å². The van der Waals surface area contributed by atoms with Crippen molar-refractivity contribution in [3.63, 3.8) is 0 Å². The van der Waals surface area contributed by atoms with Crippen molar-refractivity contribution in [3.05, 3.63) is 24.3 Å². The fourth-order valence-electron chi connectivity index (χ4n) is 2.08. The quantitative estimate of drug-likeness (QED) is 0.815. The number of anilines is 2. The number of fused-ring (bicyclic) bond motifs is 1. The fraction of sp³-hybridized carbons (Fsp3) is 0.467. The van der Waals surface area contributed by atoms with Crippen LogP contribution in [0.5, 0.6) is 0 Å². The average Bonchev–Trinajstić information content (AvgIpc) is 2.47. The maximum atomic E-state index is 4.62. The van der Waals surface area contributed by atoms with Crippen LogP contribution in [0.15, 0.2) is 24.3 Å². The zero-order valence-electron chi connectivity index (χ0n) is 12.3. The van der Waals surface area contributed by atoms with Gasteiger partial charge in [0.05, 0.1) is 5.52 Å². The lowest BCUT2D eigenvalue weighted by atomic mass is 10.2. The molecule has 0 bridgehead atoms. The predicted octanol–water partition coefficient (Wildman–Crippen LogP) is 3.62. The van der Waals surface area contributed by atoms with Gasteiger partial charge in [-0.05, 0) is 31.7 Å². The van der Waals surface area contributed by atoms with Crippen molar-refractivity contribution in [2.24, 2.45) is 0 Å². The van der Waals surface area contributed by atoms with E-state index in [-0.39, 0.29) is 0 Å². The fourth-order valence-corrected chi connectivity index (χ4v) is 2.80. The molecule has 0 amide bonds. The molecular weight excluding hydrogens is 268 g/mol. The Morgan fingerprint density at radius 3 is 2.70 bits per heavy atom. The van der Waals surface area contributed by atoms with Crippen LogP contribution >= 0.6 is 11.8 Å². The first-order valence-corrected chi connectivity index (χ1v) is 8.44. The lowest BCUT2D eigenvalue weighted by Crippen LogP contribution is -2.22. The standard InChI is InChI=1S/C15H22N4S/c1-4-11(10-20-3)17-14-12-8-6-7-9-13(12)18-15(19-14)16-5-2/h6-9,11H,4-5,10H2,1-3H3,(H2,16,17,18,19). The van der Waals surface area contributed by atoms with E-state index in [1.807, 2.05) is 36.9 Å². The van der Waals surface area contributed by atoms with Gasteiger partial charge in [-0.15, -0.1) is 0 Å². The molecule has 0 aliphatic rings. The Morgan fingerprint density at radius 1 is 1.20 bits per heavy atom. The van der Waals surface area contributed by atoms with Gasteiger partial charge in [0, 0.05) is 23.7 Å². The summed E-state index contributed by atoms with van der Waals surface area (Å²) in [5, 5.41) is 7.83. The predicted molar refractivity (Wildman–Crippen MR) is 89.8 cm³/mol. The Kier molecular flexibility index (Phi) is 5.47. The molecule has 0 radical (unpaired) electrons. The number of thioether (sulfide) groups is 1. The Labute approximate surface area is 124 Å². The van der Waals surface area contributed by atoms with Crippen molar-refractivity contribution < 1.29 is 0 Å². The van der Waals surface area contributed by atoms with Gasteiger partial charge in [0.25, 0.3) is 0 Å². The SMILES string of the molecule is CCNc1nc(NC(CC)CSC)c2ccccc2n1. The molecule has 2 N–H and O–H groups in total. The van der Waals surface area contributed by atoms with Crippen molar-refractivity contribution in [1.29, 1.82) is 0 Å². The summed E-state index contributed by atoms with van der Waals surface area (Å²) in [5.41, 5.74) is 0.972. The molecule has 1 aromatic heterocycles. The van der Waals surface area contributed by atoms with Crippen molar-refractivity contribution in [1.82, 2.24) is 9.97 Å². The molecule has 5 heteroatoms. The van der Waals surface area contributed by atoms with Crippen LogP contribution in [-0.4, -0.2) is 34.6 Å². The molecule has 1 heterocycles. The summed E-state index contributed by atoms with van der Waals surface area (Å²) in [6.07, 6.45) is 3.21. The van der Waals surface area contributed by atoms with E-state index in [4.69, 9.17) is 0 Å². The third kappa shape index (κ3) is 3.54. The van der Waals surface area contributed by atoms with Crippen molar-refractivity contribution in [2.75, 3.05) is 29.2 Å². The van der Waals surface area contributed by atoms with Gasteiger partial charge in [0.15, 0.2) is 0 Å². The van der Waals surface area contributed by atoms with Gasteiger partial charge in [-0.25, -0.2) is 4.98 Å². The average molecular weight is 290 g/mol. The molecule has 1 aromatic carbocycles. The van der Waals surface area contributed by atoms with Crippen LogP contribution in [0.3, 0.4) is 0 Å². The van der Waals surface area contributed by atoms with Crippen LogP contribution in [0.25, 0.3) is 10.9 Å². The Hall–Kier alpha value is -1.49.